The summed E-state index contributed by atoms with van der Waals surface area (Å²) in [7, 11) is 2.17. The van der Waals surface area contributed by atoms with Crippen molar-refractivity contribution in [2.75, 3.05) is 20.1 Å². The molecule has 2 fully saturated rings. The second-order valence-electron chi connectivity index (χ2n) is 3.22. The maximum atomic E-state index is 4.04. The van der Waals surface area contributed by atoms with Gasteiger partial charge in [-0.1, -0.05) is 0 Å². The minimum Gasteiger partial charge on any atom is -0.306 e. The molecule has 1 heterocycles. The molecule has 1 aliphatic carbocycles. The molecular formula is C7H12N2. The molecule has 0 radical (unpaired) electrons. The number of hydrogen-bond acceptors (Lipinski definition) is 2. The van der Waals surface area contributed by atoms with E-state index in [1.807, 2.05) is 0 Å². The molecule has 50 valence electrons. The molecule has 2 rings (SSSR count). The predicted molar refractivity (Wildman–Crippen MR) is 37.8 cm³/mol. The smallest absolute Gasteiger partial charge is 0.0580 e. The lowest BCUT2D eigenvalue weighted by molar-refractivity contribution is 0.363. The van der Waals surface area contributed by atoms with Crippen LogP contribution in [0.1, 0.15) is 0 Å². The van der Waals surface area contributed by atoms with Crippen molar-refractivity contribution < 1.29 is 0 Å². The van der Waals surface area contributed by atoms with E-state index in [1.54, 1.807) is 0 Å². The van der Waals surface area contributed by atoms with Gasteiger partial charge in [-0.05, 0) is 13.8 Å². The first-order valence-corrected chi connectivity index (χ1v) is 3.47. The van der Waals surface area contributed by atoms with Crippen molar-refractivity contribution in [2.24, 2.45) is 16.8 Å². The molecule has 0 aromatic carbocycles. The number of aliphatic imine (C=N–C) groups is 1. The van der Waals surface area contributed by atoms with Crippen LogP contribution in [0.2, 0.25) is 0 Å². The molecule has 2 atom stereocenters. The van der Waals surface area contributed by atoms with Gasteiger partial charge in [-0.25, -0.2) is 0 Å². The maximum absolute atomic E-state index is 4.04. The minimum absolute atomic E-state index is 0.626. The van der Waals surface area contributed by atoms with E-state index in [9.17, 15) is 0 Å². The van der Waals surface area contributed by atoms with Crippen LogP contribution in [-0.4, -0.2) is 37.8 Å². The second kappa shape index (κ2) is 1.57. The summed E-state index contributed by atoms with van der Waals surface area (Å²) in [5, 5.41) is 0. The highest BCUT2D eigenvalue weighted by molar-refractivity contribution is 5.28. The van der Waals surface area contributed by atoms with Crippen LogP contribution >= 0.6 is 0 Å². The highest BCUT2D eigenvalue weighted by Crippen LogP contribution is 2.46. The van der Waals surface area contributed by atoms with Crippen LogP contribution in [0.15, 0.2) is 4.99 Å². The van der Waals surface area contributed by atoms with Crippen LogP contribution in [0.3, 0.4) is 0 Å². The molecule has 2 heteroatoms. The first-order valence-electron chi connectivity index (χ1n) is 3.47. The Morgan fingerprint density at radius 3 is 2.44 bits per heavy atom. The summed E-state index contributed by atoms with van der Waals surface area (Å²) in [6.45, 7) is 6.05. The van der Waals surface area contributed by atoms with E-state index in [2.05, 4.69) is 23.7 Å². The summed E-state index contributed by atoms with van der Waals surface area (Å²) in [5.41, 5.74) is 0. The summed E-state index contributed by atoms with van der Waals surface area (Å²) in [6, 6.07) is 0.626. The van der Waals surface area contributed by atoms with Crippen LogP contribution in [0.4, 0.5) is 0 Å². The number of nitrogens with zero attached hydrogens (tertiary/aromatic N) is 2. The van der Waals surface area contributed by atoms with Crippen LogP contribution in [0.5, 0.6) is 0 Å². The van der Waals surface area contributed by atoms with E-state index in [4.69, 9.17) is 0 Å². The lowest BCUT2D eigenvalue weighted by atomic mass is 10.4. The third kappa shape index (κ3) is 0.628. The molecule has 1 saturated heterocycles. The van der Waals surface area contributed by atoms with Gasteiger partial charge >= 0.3 is 0 Å². The fourth-order valence-corrected chi connectivity index (χ4v) is 1.98. The first-order chi connectivity index (χ1) is 4.33. The summed E-state index contributed by atoms with van der Waals surface area (Å²) in [5.74, 6) is 1.74. The number of likely N-dealkylation sites (tertiary alicyclic amines) is 1. The zero-order valence-electron chi connectivity index (χ0n) is 5.75. The van der Waals surface area contributed by atoms with Crippen molar-refractivity contribution in [1.29, 1.82) is 0 Å². The quantitative estimate of drug-likeness (QED) is 0.457. The monoisotopic (exact) mass is 124 g/mol. The van der Waals surface area contributed by atoms with E-state index >= 15 is 0 Å². The van der Waals surface area contributed by atoms with Gasteiger partial charge in [0.15, 0.2) is 0 Å². The average Bonchev–Trinajstić information content (AvgIpc) is 2.30. The van der Waals surface area contributed by atoms with Crippen molar-refractivity contribution in [3.05, 3.63) is 0 Å². The Balaban J connectivity index is 1.98. The Bertz CT molecular complexity index is 132. The summed E-state index contributed by atoms with van der Waals surface area (Å²) in [6.07, 6.45) is 0. The third-order valence-corrected chi connectivity index (χ3v) is 2.54. The standard InChI is InChI=1S/C7H12N2/c1-8-7-5-3-9(2)4-6(5)7/h5-7H,1,3-4H2,2H3. The lowest BCUT2D eigenvalue weighted by Gasteiger charge is -2.09. The Labute approximate surface area is 55.6 Å². The van der Waals surface area contributed by atoms with Crippen molar-refractivity contribution in [1.82, 2.24) is 4.90 Å². The first kappa shape index (κ1) is 5.42. The SMILES string of the molecule is C=NC1C2CN(C)CC21. The molecule has 1 saturated carbocycles. The van der Waals surface area contributed by atoms with Gasteiger partial charge in [0.2, 0.25) is 0 Å². The number of rotatable bonds is 1. The highest BCUT2D eigenvalue weighted by atomic mass is 15.2. The Morgan fingerprint density at radius 2 is 2.00 bits per heavy atom. The molecule has 1 aliphatic heterocycles. The minimum atomic E-state index is 0.626. The Hall–Kier alpha value is -0.370. The van der Waals surface area contributed by atoms with Crippen molar-refractivity contribution in [2.45, 2.75) is 6.04 Å². The fraction of sp³-hybridized carbons (Fsp3) is 0.857. The summed E-state index contributed by atoms with van der Waals surface area (Å²) >= 11 is 0. The van der Waals surface area contributed by atoms with Crippen molar-refractivity contribution >= 4 is 6.72 Å². The number of fused-ring (bicyclic) bond motifs is 1. The molecule has 2 aliphatic rings. The molecule has 0 aromatic heterocycles. The summed E-state index contributed by atoms with van der Waals surface area (Å²) < 4.78 is 0. The van der Waals surface area contributed by atoms with E-state index in [1.165, 1.54) is 13.1 Å². The fourth-order valence-electron chi connectivity index (χ4n) is 1.98. The molecular weight excluding hydrogens is 112 g/mol. The van der Waals surface area contributed by atoms with Gasteiger partial charge < -0.3 is 4.90 Å². The third-order valence-electron chi connectivity index (χ3n) is 2.54. The normalized spacial score (nSPS) is 48.8. The highest BCUT2D eigenvalue weighted by Gasteiger charge is 2.54. The molecule has 0 aromatic rings. The van der Waals surface area contributed by atoms with E-state index in [0.717, 1.165) is 11.8 Å². The zero-order valence-corrected chi connectivity index (χ0v) is 5.75. The molecule has 0 N–H and O–H groups in total. The zero-order chi connectivity index (χ0) is 6.43. The second-order valence-corrected chi connectivity index (χ2v) is 3.22. The van der Waals surface area contributed by atoms with Crippen molar-refractivity contribution in [3.8, 4) is 0 Å². The van der Waals surface area contributed by atoms with Gasteiger partial charge in [-0.3, -0.25) is 4.99 Å². The van der Waals surface area contributed by atoms with Crippen LogP contribution in [-0.2, 0) is 0 Å². The molecule has 0 spiro atoms. The number of piperidine rings is 1. The lowest BCUT2D eigenvalue weighted by Crippen LogP contribution is -2.19. The molecule has 9 heavy (non-hydrogen) atoms. The van der Waals surface area contributed by atoms with Crippen LogP contribution < -0.4 is 0 Å². The van der Waals surface area contributed by atoms with Gasteiger partial charge in [-0.2, -0.15) is 0 Å². The largest absolute Gasteiger partial charge is 0.306 e. The number of hydrogen-bond donors (Lipinski definition) is 0. The van der Waals surface area contributed by atoms with Gasteiger partial charge in [0, 0.05) is 24.9 Å². The van der Waals surface area contributed by atoms with Gasteiger partial charge in [-0.15, -0.1) is 0 Å². The van der Waals surface area contributed by atoms with Crippen LogP contribution in [0.25, 0.3) is 0 Å². The van der Waals surface area contributed by atoms with E-state index in [-0.39, 0.29) is 0 Å². The molecule has 2 nitrogen and oxygen atoms in total. The Kier molecular flexibility index (Phi) is 0.943. The Morgan fingerprint density at radius 1 is 1.44 bits per heavy atom. The maximum Gasteiger partial charge on any atom is 0.0580 e. The molecule has 2 unspecified atom stereocenters. The van der Waals surface area contributed by atoms with Gasteiger partial charge in [0.25, 0.3) is 0 Å². The average molecular weight is 124 g/mol. The molecule has 0 amide bonds. The molecule has 0 bridgehead atoms. The van der Waals surface area contributed by atoms with Gasteiger partial charge in [0.05, 0.1) is 6.04 Å². The van der Waals surface area contributed by atoms with Gasteiger partial charge in [0.1, 0.15) is 0 Å². The van der Waals surface area contributed by atoms with Crippen LogP contribution in [0, 0.1) is 11.8 Å². The topological polar surface area (TPSA) is 15.6 Å². The van der Waals surface area contributed by atoms with E-state index < -0.39 is 0 Å². The van der Waals surface area contributed by atoms with Crippen molar-refractivity contribution in [3.63, 3.8) is 0 Å². The predicted octanol–water partition coefficient (Wildman–Crippen LogP) is 0.247. The van der Waals surface area contributed by atoms with E-state index in [0.29, 0.717) is 6.04 Å². The summed E-state index contributed by atoms with van der Waals surface area (Å²) in [4.78, 5) is 6.41.